The molecular formula is C15H17N3O3. The molecule has 1 aromatic carbocycles. The monoisotopic (exact) mass is 287 g/mol. The van der Waals surface area contributed by atoms with Gasteiger partial charge in [-0.2, -0.15) is 4.98 Å². The summed E-state index contributed by atoms with van der Waals surface area (Å²) in [7, 11) is 0. The quantitative estimate of drug-likeness (QED) is 0.519. The zero-order valence-corrected chi connectivity index (χ0v) is 12.0. The lowest BCUT2D eigenvalue weighted by Crippen LogP contribution is -2.36. The third-order valence-corrected chi connectivity index (χ3v) is 2.96. The molecule has 0 saturated carbocycles. The molecule has 0 aliphatic heterocycles. The van der Waals surface area contributed by atoms with Gasteiger partial charge in [-0.15, -0.1) is 0 Å². The summed E-state index contributed by atoms with van der Waals surface area (Å²) in [6.45, 7) is 7.38. The molecule has 0 fully saturated rings. The second-order valence-electron chi connectivity index (χ2n) is 4.56. The second kappa shape index (κ2) is 6.23. The topological polar surface area (TPSA) is 81.6 Å². The van der Waals surface area contributed by atoms with E-state index in [0.717, 1.165) is 21.7 Å². The highest BCUT2D eigenvalue weighted by molar-refractivity contribution is 5.92. The number of oxazole rings is 1. The lowest BCUT2D eigenvalue weighted by Gasteiger charge is -2.21. The summed E-state index contributed by atoms with van der Waals surface area (Å²) in [5.74, 6) is 5.54. The molecule has 0 radical (unpaired) electrons. The molecule has 0 unspecified atom stereocenters. The summed E-state index contributed by atoms with van der Waals surface area (Å²) >= 11 is 0. The minimum atomic E-state index is -0.272. The smallest absolute Gasteiger partial charge is 0.393 e. The third-order valence-electron chi connectivity index (χ3n) is 2.96. The van der Waals surface area contributed by atoms with Crippen LogP contribution in [0.4, 0.5) is 5.69 Å². The van der Waals surface area contributed by atoms with Gasteiger partial charge in [0.15, 0.2) is 0 Å². The van der Waals surface area contributed by atoms with Gasteiger partial charge in [0.05, 0.1) is 11.9 Å². The summed E-state index contributed by atoms with van der Waals surface area (Å²) in [6.07, 6.45) is 3.07. The Hall–Kier alpha value is -2.60. The van der Waals surface area contributed by atoms with E-state index in [2.05, 4.69) is 11.6 Å². The van der Waals surface area contributed by atoms with E-state index in [0.29, 0.717) is 5.69 Å². The van der Waals surface area contributed by atoms with Gasteiger partial charge in [0.1, 0.15) is 12.9 Å². The zero-order valence-electron chi connectivity index (χ0n) is 12.0. The van der Waals surface area contributed by atoms with Crippen molar-refractivity contribution < 1.29 is 13.9 Å². The molecule has 0 saturated heterocycles. The maximum Gasteiger partial charge on any atom is 0.393 e. The maximum atomic E-state index is 11.5. The fraction of sp³-hybridized carbons (Fsp3) is 0.200. The summed E-state index contributed by atoms with van der Waals surface area (Å²) in [6, 6.07) is 5.47. The molecule has 1 aromatic heterocycles. The lowest BCUT2D eigenvalue weighted by atomic mass is 10.0. The molecule has 0 bridgehead atoms. The Morgan fingerprint density at radius 2 is 2.24 bits per heavy atom. The Morgan fingerprint density at radius 3 is 2.81 bits per heavy atom. The van der Waals surface area contributed by atoms with E-state index in [1.807, 2.05) is 19.1 Å². The summed E-state index contributed by atoms with van der Waals surface area (Å²) in [5.41, 5.74) is 3.03. The number of carbonyl (C=O) groups excluding carboxylic acids is 1. The van der Waals surface area contributed by atoms with Crippen molar-refractivity contribution in [3.05, 3.63) is 48.4 Å². The molecule has 110 valence electrons. The zero-order chi connectivity index (χ0) is 15.4. The van der Waals surface area contributed by atoms with Crippen LogP contribution in [0.3, 0.4) is 0 Å². The minimum Gasteiger partial charge on any atom is -0.445 e. The summed E-state index contributed by atoms with van der Waals surface area (Å²) in [4.78, 5) is 15.4. The standard InChI is InChI=1S/C15H17N3O3/c1-10(2)12-5-4-6-14(18(16)11(3)19)13(12)9-21-15-17-7-8-20-15/h4-8H,1,9,16H2,2-3H3. The third kappa shape index (κ3) is 3.29. The average Bonchev–Trinajstić information content (AvgIpc) is 2.96. The first-order valence-electron chi connectivity index (χ1n) is 6.36. The molecule has 6 heteroatoms. The van der Waals surface area contributed by atoms with Gasteiger partial charge >= 0.3 is 6.08 Å². The van der Waals surface area contributed by atoms with Gasteiger partial charge in [0.25, 0.3) is 0 Å². The van der Waals surface area contributed by atoms with E-state index in [1.165, 1.54) is 19.4 Å². The first kappa shape index (κ1) is 14.8. The van der Waals surface area contributed by atoms with E-state index < -0.39 is 0 Å². The number of nitrogens with zero attached hydrogens (tertiary/aromatic N) is 2. The average molecular weight is 287 g/mol. The van der Waals surface area contributed by atoms with Crippen molar-refractivity contribution in [2.75, 3.05) is 5.01 Å². The molecular weight excluding hydrogens is 270 g/mol. The number of nitrogens with two attached hydrogens (primary N) is 1. The van der Waals surface area contributed by atoms with Gasteiger partial charge in [-0.25, -0.2) is 10.9 Å². The van der Waals surface area contributed by atoms with Crippen LogP contribution in [0.15, 0.2) is 41.7 Å². The molecule has 2 rings (SSSR count). The molecule has 0 aliphatic rings. The van der Waals surface area contributed by atoms with E-state index >= 15 is 0 Å². The molecule has 21 heavy (non-hydrogen) atoms. The maximum absolute atomic E-state index is 11.5. The second-order valence-corrected chi connectivity index (χ2v) is 4.56. The number of ether oxygens (including phenoxy) is 1. The Bertz CT molecular complexity index is 650. The van der Waals surface area contributed by atoms with E-state index in [9.17, 15) is 4.79 Å². The molecule has 1 amide bonds. The number of amides is 1. The number of carbonyl (C=O) groups is 1. The Labute approximate surface area is 122 Å². The van der Waals surface area contributed by atoms with Gasteiger partial charge in [-0.1, -0.05) is 24.3 Å². The molecule has 0 aliphatic carbocycles. The molecule has 0 spiro atoms. The van der Waals surface area contributed by atoms with Crippen molar-refractivity contribution in [2.45, 2.75) is 20.5 Å². The number of benzene rings is 1. The van der Waals surface area contributed by atoms with Crippen molar-refractivity contribution in [2.24, 2.45) is 5.84 Å². The number of rotatable bonds is 5. The van der Waals surface area contributed by atoms with Crippen LogP contribution in [-0.2, 0) is 11.4 Å². The highest BCUT2D eigenvalue weighted by Crippen LogP contribution is 2.28. The predicted molar refractivity (Wildman–Crippen MR) is 79.3 cm³/mol. The van der Waals surface area contributed by atoms with Crippen LogP contribution in [0.2, 0.25) is 0 Å². The molecule has 0 atom stereocenters. The normalized spacial score (nSPS) is 10.2. The molecule has 1 heterocycles. The van der Waals surface area contributed by atoms with E-state index in [1.54, 1.807) is 6.07 Å². The van der Waals surface area contributed by atoms with Crippen molar-refractivity contribution in [3.8, 4) is 6.08 Å². The van der Waals surface area contributed by atoms with Crippen LogP contribution in [0, 0.1) is 0 Å². The number of anilines is 1. The van der Waals surface area contributed by atoms with Crippen LogP contribution in [0.5, 0.6) is 6.08 Å². The van der Waals surface area contributed by atoms with Gasteiger partial charge in [-0.05, 0) is 18.6 Å². The molecule has 2 N–H and O–H groups in total. The van der Waals surface area contributed by atoms with Crippen LogP contribution in [0.25, 0.3) is 5.57 Å². The van der Waals surface area contributed by atoms with E-state index in [-0.39, 0.29) is 18.6 Å². The number of hydrogen-bond donors (Lipinski definition) is 1. The predicted octanol–water partition coefficient (Wildman–Crippen LogP) is 2.51. The minimum absolute atomic E-state index is 0.156. The van der Waals surface area contributed by atoms with Crippen LogP contribution < -0.4 is 15.6 Å². The van der Waals surface area contributed by atoms with Gasteiger partial charge in [0, 0.05) is 12.5 Å². The lowest BCUT2D eigenvalue weighted by molar-refractivity contribution is -0.116. The number of hydrazine groups is 1. The van der Waals surface area contributed by atoms with Crippen LogP contribution >= 0.6 is 0 Å². The fourth-order valence-electron chi connectivity index (χ4n) is 1.94. The molecule has 2 aromatic rings. The van der Waals surface area contributed by atoms with E-state index in [4.69, 9.17) is 15.0 Å². The highest BCUT2D eigenvalue weighted by Gasteiger charge is 2.16. The molecule has 6 nitrogen and oxygen atoms in total. The SMILES string of the molecule is C=C(C)c1cccc(N(N)C(C)=O)c1COc1ncco1. The first-order chi connectivity index (χ1) is 10.0. The Balaban J connectivity index is 2.38. The largest absolute Gasteiger partial charge is 0.445 e. The van der Waals surface area contributed by atoms with Crippen LogP contribution in [0.1, 0.15) is 25.0 Å². The summed E-state index contributed by atoms with van der Waals surface area (Å²) < 4.78 is 10.5. The Morgan fingerprint density at radius 1 is 1.48 bits per heavy atom. The van der Waals surface area contributed by atoms with Gasteiger partial charge in [-0.3, -0.25) is 4.79 Å². The number of aromatic nitrogens is 1. The fourth-order valence-corrected chi connectivity index (χ4v) is 1.94. The first-order valence-corrected chi connectivity index (χ1v) is 6.36. The highest BCUT2D eigenvalue weighted by atomic mass is 16.6. The van der Waals surface area contributed by atoms with Crippen molar-refractivity contribution >= 4 is 17.2 Å². The van der Waals surface area contributed by atoms with Gasteiger partial charge in [0.2, 0.25) is 5.91 Å². The van der Waals surface area contributed by atoms with Crippen LogP contribution in [-0.4, -0.2) is 10.9 Å². The number of hydrogen-bond acceptors (Lipinski definition) is 5. The van der Waals surface area contributed by atoms with Crippen molar-refractivity contribution in [1.29, 1.82) is 0 Å². The van der Waals surface area contributed by atoms with Gasteiger partial charge < -0.3 is 9.15 Å². The Kier molecular flexibility index (Phi) is 4.39. The van der Waals surface area contributed by atoms with Crippen molar-refractivity contribution in [1.82, 2.24) is 4.98 Å². The number of allylic oxidation sites excluding steroid dienone is 1. The van der Waals surface area contributed by atoms with Crippen molar-refractivity contribution in [3.63, 3.8) is 0 Å². The summed E-state index contributed by atoms with van der Waals surface area (Å²) in [5, 5.41) is 1.08.